The first-order valence-electron chi connectivity index (χ1n) is 6.28. The maximum atomic E-state index is 11.2. The van der Waals surface area contributed by atoms with Crippen LogP contribution < -0.4 is 0 Å². The first-order chi connectivity index (χ1) is 9.83. The second kappa shape index (κ2) is 10.00. The zero-order valence-corrected chi connectivity index (χ0v) is 12.8. The van der Waals surface area contributed by atoms with Crippen LogP contribution in [0.5, 0.6) is 0 Å². The zero-order chi connectivity index (χ0) is 16.4. The van der Waals surface area contributed by atoms with Crippen molar-refractivity contribution in [1.29, 1.82) is 5.26 Å². The lowest BCUT2D eigenvalue weighted by atomic mass is 10.0. The Balaban J connectivity index is 5.22. The Morgan fingerprint density at radius 3 is 2.19 bits per heavy atom. The topological polar surface area (TPSA) is 103 Å². The highest BCUT2D eigenvalue weighted by Crippen LogP contribution is 2.22. The molecular weight excluding hydrogens is 302 g/mol. The van der Waals surface area contributed by atoms with Crippen molar-refractivity contribution >= 4 is 30.0 Å². The van der Waals surface area contributed by atoms with Crippen molar-refractivity contribution in [2.24, 2.45) is 0 Å². The molecule has 21 heavy (non-hydrogen) atoms. The predicted molar refractivity (Wildman–Crippen MR) is 72.2 cm³/mol. The standard InChI is InChI=1S/C13H18ClNO6/c1-8(19-7-16)12(20-9(2)17)13(21-10(3)18)11(14)5-4-6-15/h7-8,11-13H,4-5H2,1-3H3/t8-,11+,12-,13-/m0/s1. The van der Waals surface area contributed by atoms with Gasteiger partial charge in [-0.05, 0) is 13.3 Å². The number of ether oxygens (including phenoxy) is 3. The quantitative estimate of drug-likeness (QED) is 0.273. The highest BCUT2D eigenvalue weighted by molar-refractivity contribution is 6.21. The summed E-state index contributed by atoms with van der Waals surface area (Å²) in [5.74, 6) is -1.26. The van der Waals surface area contributed by atoms with Gasteiger partial charge in [0, 0.05) is 20.3 Å². The first-order valence-corrected chi connectivity index (χ1v) is 6.71. The highest BCUT2D eigenvalue weighted by atomic mass is 35.5. The lowest BCUT2D eigenvalue weighted by Crippen LogP contribution is -2.47. The summed E-state index contributed by atoms with van der Waals surface area (Å²) in [7, 11) is 0. The summed E-state index contributed by atoms with van der Waals surface area (Å²) in [6.07, 6.45) is -2.59. The lowest BCUT2D eigenvalue weighted by Gasteiger charge is -2.32. The average molecular weight is 320 g/mol. The Labute approximate surface area is 128 Å². The molecule has 0 unspecified atom stereocenters. The number of carbonyl (C=O) groups is 3. The van der Waals surface area contributed by atoms with Crippen molar-refractivity contribution < 1.29 is 28.6 Å². The van der Waals surface area contributed by atoms with E-state index in [2.05, 4.69) is 0 Å². The van der Waals surface area contributed by atoms with Gasteiger partial charge in [-0.25, -0.2) is 0 Å². The second-order valence-corrected chi connectivity index (χ2v) is 4.86. The summed E-state index contributed by atoms with van der Waals surface area (Å²) in [6.45, 7) is 4.03. The number of hydrogen-bond donors (Lipinski definition) is 0. The molecular formula is C13H18ClNO6. The van der Waals surface area contributed by atoms with Gasteiger partial charge in [0.25, 0.3) is 6.47 Å². The molecule has 118 valence electrons. The maximum absolute atomic E-state index is 11.2. The van der Waals surface area contributed by atoms with E-state index in [1.165, 1.54) is 20.8 Å². The molecule has 0 saturated heterocycles. The number of esters is 2. The molecule has 4 atom stereocenters. The molecule has 0 rings (SSSR count). The van der Waals surface area contributed by atoms with Crippen molar-refractivity contribution in [3.05, 3.63) is 0 Å². The molecule has 0 N–H and O–H groups in total. The summed E-state index contributed by atoms with van der Waals surface area (Å²) >= 11 is 6.13. The van der Waals surface area contributed by atoms with E-state index in [1.54, 1.807) is 0 Å². The van der Waals surface area contributed by atoms with Crippen LogP contribution in [0, 0.1) is 11.3 Å². The number of nitrogens with zero attached hydrogens (tertiary/aromatic N) is 1. The van der Waals surface area contributed by atoms with E-state index in [9.17, 15) is 14.4 Å². The molecule has 0 amide bonds. The molecule has 0 aromatic heterocycles. The van der Waals surface area contributed by atoms with E-state index in [0.29, 0.717) is 0 Å². The van der Waals surface area contributed by atoms with Gasteiger partial charge in [-0.2, -0.15) is 5.26 Å². The third-order valence-electron chi connectivity index (χ3n) is 2.55. The summed E-state index contributed by atoms with van der Waals surface area (Å²) in [6, 6.07) is 1.92. The van der Waals surface area contributed by atoms with Crippen LogP contribution in [0.25, 0.3) is 0 Å². The Bertz CT molecular complexity index is 408. The van der Waals surface area contributed by atoms with Gasteiger partial charge in [-0.3, -0.25) is 14.4 Å². The van der Waals surface area contributed by atoms with Gasteiger partial charge in [-0.15, -0.1) is 11.6 Å². The number of rotatable bonds is 9. The van der Waals surface area contributed by atoms with Crippen LogP contribution >= 0.6 is 11.6 Å². The molecule has 0 aromatic carbocycles. The minimum atomic E-state index is -1.06. The van der Waals surface area contributed by atoms with Crippen molar-refractivity contribution in [1.82, 2.24) is 0 Å². The van der Waals surface area contributed by atoms with Crippen LogP contribution in [-0.2, 0) is 28.6 Å². The minimum Gasteiger partial charge on any atom is -0.461 e. The van der Waals surface area contributed by atoms with E-state index >= 15 is 0 Å². The molecule has 0 heterocycles. The first kappa shape index (κ1) is 19.2. The third kappa shape index (κ3) is 7.51. The van der Waals surface area contributed by atoms with Crippen molar-refractivity contribution in [2.45, 2.75) is 57.3 Å². The number of alkyl halides is 1. The fraction of sp³-hybridized carbons (Fsp3) is 0.692. The fourth-order valence-corrected chi connectivity index (χ4v) is 2.00. The molecule has 0 aromatic rings. The van der Waals surface area contributed by atoms with Crippen LogP contribution in [0.15, 0.2) is 0 Å². The summed E-state index contributed by atoms with van der Waals surface area (Å²) in [5, 5.41) is 7.82. The van der Waals surface area contributed by atoms with Crippen LogP contribution in [-0.4, -0.2) is 42.1 Å². The monoisotopic (exact) mass is 319 g/mol. The average Bonchev–Trinajstić information content (AvgIpc) is 2.39. The summed E-state index contributed by atoms with van der Waals surface area (Å²) in [5.41, 5.74) is 0. The van der Waals surface area contributed by atoms with Gasteiger partial charge in [0.05, 0.1) is 11.4 Å². The van der Waals surface area contributed by atoms with Crippen molar-refractivity contribution in [3.8, 4) is 6.07 Å². The SMILES string of the molecule is CC(=O)O[C@H]([C@@H](OC(C)=O)[C@H](C)OC=O)[C@H](Cl)CCC#N. The number of carbonyl (C=O) groups excluding carboxylic acids is 3. The van der Waals surface area contributed by atoms with Crippen LogP contribution in [0.3, 0.4) is 0 Å². The third-order valence-corrected chi connectivity index (χ3v) is 3.02. The van der Waals surface area contributed by atoms with Crippen molar-refractivity contribution in [2.75, 3.05) is 0 Å². The molecule has 0 fully saturated rings. The predicted octanol–water partition coefficient (Wildman–Crippen LogP) is 1.32. The van der Waals surface area contributed by atoms with Gasteiger partial charge in [0.15, 0.2) is 12.2 Å². The molecule has 0 spiro atoms. The molecule has 0 radical (unpaired) electrons. The fourth-order valence-electron chi connectivity index (χ4n) is 1.69. The van der Waals surface area contributed by atoms with E-state index in [1.807, 2.05) is 6.07 Å². The van der Waals surface area contributed by atoms with Gasteiger partial charge >= 0.3 is 11.9 Å². The largest absolute Gasteiger partial charge is 0.461 e. The van der Waals surface area contributed by atoms with Gasteiger partial charge in [0.2, 0.25) is 0 Å². The molecule has 0 saturated carbocycles. The number of halogens is 1. The molecule has 7 nitrogen and oxygen atoms in total. The van der Waals surface area contributed by atoms with Crippen LogP contribution in [0.2, 0.25) is 0 Å². The number of hydrogen-bond acceptors (Lipinski definition) is 7. The molecule has 0 aliphatic rings. The Morgan fingerprint density at radius 2 is 1.76 bits per heavy atom. The summed E-state index contributed by atoms with van der Waals surface area (Å²) in [4.78, 5) is 32.8. The molecule has 0 bridgehead atoms. The minimum absolute atomic E-state index is 0.141. The Morgan fingerprint density at radius 1 is 1.24 bits per heavy atom. The Hall–Kier alpha value is -1.81. The molecule has 8 heteroatoms. The second-order valence-electron chi connectivity index (χ2n) is 4.30. The van der Waals surface area contributed by atoms with E-state index in [4.69, 9.17) is 31.1 Å². The van der Waals surface area contributed by atoms with E-state index in [-0.39, 0.29) is 19.3 Å². The van der Waals surface area contributed by atoms with E-state index < -0.39 is 35.6 Å². The zero-order valence-electron chi connectivity index (χ0n) is 12.1. The molecule has 0 aliphatic carbocycles. The van der Waals surface area contributed by atoms with Crippen molar-refractivity contribution in [3.63, 3.8) is 0 Å². The van der Waals surface area contributed by atoms with Gasteiger partial charge in [0.1, 0.15) is 6.10 Å². The maximum Gasteiger partial charge on any atom is 0.303 e. The van der Waals surface area contributed by atoms with Gasteiger partial charge < -0.3 is 14.2 Å². The normalized spacial score (nSPS) is 15.8. The highest BCUT2D eigenvalue weighted by Gasteiger charge is 2.38. The summed E-state index contributed by atoms with van der Waals surface area (Å²) < 4.78 is 14.9. The lowest BCUT2D eigenvalue weighted by molar-refractivity contribution is -0.178. The van der Waals surface area contributed by atoms with Crippen LogP contribution in [0.1, 0.15) is 33.6 Å². The number of nitriles is 1. The van der Waals surface area contributed by atoms with Gasteiger partial charge in [-0.1, -0.05) is 0 Å². The molecule has 0 aliphatic heterocycles. The van der Waals surface area contributed by atoms with E-state index in [0.717, 1.165) is 0 Å². The van der Waals surface area contributed by atoms with Crippen LogP contribution in [0.4, 0.5) is 0 Å². The smallest absolute Gasteiger partial charge is 0.303 e. The Kier molecular flexibility index (Phi) is 9.13.